The smallest absolute Gasteiger partial charge is 0.307 e. The number of aliphatic carboxylic acids is 1. The van der Waals surface area contributed by atoms with Gasteiger partial charge in [0.15, 0.2) is 0 Å². The lowest BCUT2D eigenvalue weighted by Gasteiger charge is -2.02. The van der Waals surface area contributed by atoms with E-state index in [9.17, 15) is 4.79 Å². The molecule has 0 aliphatic heterocycles. The number of carboxylic acids is 1. The largest absolute Gasteiger partial charge is 0.481 e. The fourth-order valence-corrected chi connectivity index (χ4v) is 1.99. The minimum atomic E-state index is -0.754. The van der Waals surface area contributed by atoms with Crippen molar-refractivity contribution < 1.29 is 9.90 Å². The Kier molecular flexibility index (Phi) is 2.12. The first-order chi connectivity index (χ1) is 6.68. The molecule has 0 saturated carbocycles. The molecular formula is C12H12O2. The summed E-state index contributed by atoms with van der Waals surface area (Å²) < 4.78 is 0. The van der Waals surface area contributed by atoms with Crippen molar-refractivity contribution in [3.05, 3.63) is 41.0 Å². The van der Waals surface area contributed by atoms with Crippen LogP contribution in [0.25, 0.3) is 5.57 Å². The van der Waals surface area contributed by atoms with Crippen molar-refractivity contribution in [2.75, 3.05) is 0 Å². The molecule has 0 amide bonds. The number of carbonyl (C=O) groups is 1. The van der Waals surface area contributed by atoms with E-state index < -0.39 is 5.97 Å². The van der Waals surface area contributed by atoms with Crippen LogP contribution in [0.2, 0.25) is 0 Å². The quantitative estimate of drug-likeness (QED) is 0.774. The monoisotopic (exact) mass is 188 g/mol. The molecule has 0 bridgehead atoms. The Bertz CT molecular complexity index is 416. The van der Waals surface area contributed by atoms with Crippen LogP contribution in [0.4, 0.5) is 0 Å². The zero-order valence-electron chi connectivity index (χ0n) is 8.08. The first-order valence-electron chi connectivity index (χ1n) is 4.67. The Labute approximate surface area is 82.9 Å². The van der Waals surface area contributed by atoms with Gasteiger partial charge in [0, 0.05) is 0 Å². The number of hydrogen-bond acceptors (Lipinski definition) is 1. The summed E-state index contributed by atoms with van der Waals surface area (Å²) in [6.45, 7) is 2.01. The van der Waals surface area contributed by atoms with E-state index in [1.54, 1.807) is 0 Å². The van der Waals surface area contributed by atoms with Crippen molar-refractivity contribution in [2.45, 2.75) is 19.8 Å². The number of fused-ring (bicyclic) bond motifs is 1. The Balaban J connectivity index is 2.41. The molecule has 14 heavy (non-hydrogen) atoms. The summed E-state index contributed by atoms with van der Waals surface area (Å²) in [5.41, 5.74) is 4.55. The van der Waals surface area contributed by atoms with Crippen LogP contribution in [0.15, 0.2) is 29.8 Å². The number of carboxylic acid groups (broad SMARTS) is 1. The van der Waals surface area contributed by atoms with E-state index in [-0.39, 0.29) is 6.42 Å². The maximum atomic E-state index is 10.7. The Morgan fingerprint density at radius 3 is 2.86 bits per heavy atom. The van der Waals surface area contributed by atoms with Gasteiger partial charge >= 0.3 is 5.97 Å². The van der Waals surface area contributed by atoms with Crippen LogP contribution in [0, 0.1) is 0 Å². The summed E-state index contributed by atoms with van der Waals surface area (Å²) in [6, 6.07) is 8.02. The Morgan fingerprint density at radius 2 is 2.14 bits per heavy atom. The number of hydrogen-bond donors (Lipinski definition) is 1. The van der Waals surface area contributed by atoms with Crippen LogP contribution in [0.3, 0.4) is 0 Å². The maximum absolute atomic E-state index is 10.7. The summed E-state index contributed by atoms with van der Waals surface area (Å²) in [5.74, 6) is -0.754. The van der Waals surface area contributed by atoms with Crippen LogP contribution in [-0.2, 0) is 11.2 Å². The highest BCUT2D eigenvalue weighted by molar-refractivity contribution is 5.88. The molecule has 0 atom stereocenters. The molecule has 0 radical (unpaired) electrons. The molecule has 1 aliphatic rings. The first kappa shape index (κ1) is 9.00. The fraction of sp³-hybridized carbons (Fsp3) is 0.250. The molecule has 1 aliphatic carbocycles. The third-order valence-electron chi connectivity index (χ3n) is 2.64. The maximum Gasteiger partial charge on any atom is 0.307 e. The van der Waals surface area contributed by atoms with Gasteiger partial charge in [-0.2, -0.15) is 0 Å². The highest BCUT2D eigenvalue weighted by atomic mass is 16.4. The molecular weight excluding hydrogens is 176 g/mol. The highest BCUT2D eigenvalue weighted by Crippen LogP contribution is 2.34. The van der Waals surface area contributed by atoms with Crippen LogP contribution >= 0.6 is 0 Å². The van der Waals surface area contributed by atoms with Crippen molar-refractivity contribution in [1.29, 1.82) is 0 Å². The molecule has 1 N–H and O–H groups in total. The highest BCUT2D eigenvalue weighted by Gasteiger charge is 2.19. The second-order valence-corrected chi connectivity index (χ2v) is 3.66. The lowest BCUT2D eigenvalue weighted by Crippen LogP contribution is -1.96. The summed E-state index contributed by atoms with van der Waals surface area (Å²) in [5, 5.41) is 8.78. The van der Waals surface area contributed by atoms with Gasteiger partial charge in [-0.3, -0.25) is 4.79 Å². The van der Waals surface area contributed by atoms with Crippen molar-refractivity contribution >= 4 is 11.5 Å². The average Bonchev–Trinajstić information content (AvgIpc) is 2.43. The molecule has 0 spiro atoms. The zero-order chi connectivity index (χ0) is 10.1. The van der Waals surface area contributed by atoms with Crippen LogP contribution in [0.5, 0.6) is 0 Å². The molecule has 1 aromatic carbocycles. The van der Waals surface area contributed by atoms with Gasteiger partial charge in [0.1, 0.15) is 0 Å². The summed E-state index contributed by atoms with van der Waals surface area (Å²) >= 11 is 0. The van der Waals surface area contributed by atoms with Gasteiger partial charge in [0.2, 0.25) is 0 Å². The number of rotatable bonds is 2. The minimum Gasteiger partial charge on any atom is -0.481 e. The van der Waals surface area contributed by atoms with E-state index in [0.29, 0.717) is 0 Å². The van der Waals surface area contributed by atoms with Gasteiger partial charge in [0.25, 0.3) is 0 Å². The van der Waals surface area contributed by atoms with Gasteiger partial charge in [-0.25, -0.2) is 0 Å². The van der Waals surface area contributed by atoms with Crippen LogP contribution in [-0.4, -0.2) is 11.1 Å². The van der Waals surface area contributed by atoms with E-state index in [1.165, 1.54) is 11.1 Å². The second kappa shape index (κ2) is 3.29. The van der Waals surface area contributed by atoms with Crippen molar-refractivity contribution in [3.63, 3.8) is 0 Å². The third-order valence-corrected chi connectivity index (χ3v) is 2.64. The predicted octanol–water partition coefficient (Wildman–Crippen LogP) is 2.49. The SMILES string of the molecule is CC1=C(CC(=O)O)c2ccccc2C1. The van der Waals surface area contributed by atoms with E-state index in [0.717, 1.165) is 17.6 Å². The van der Waals surface area contributed by atoms with E-state index in [4.69, 9.17) is 5.11 Å². The molecule has 1 aromatic rings. The van der Waals surface area contributed by atoms with Crippen molar-refractivity contribution in [2.24, 2.45) is 0 Å². The molecule has 2 heteroatoms. The van der Waals surface area contributed by atoms with Crippen LogP contribution in [0.1, 0.15) is 24.5 Å². The van der Waals surface area contributed by atoms with E-state index >= 15 is 0 Å². The van der Waals surface area contributed by atoms with E-state index in [1.807, 2.05) is 25.1 Å². The lowest BCUT2D eigenvalue weighted by atomic mass is 10.0. The van der Waals surface area contributed by atoms with Gasteiger partial charge in [-0.05, 0) is 30.0 Å². The Hall–Kier alpha value is -1.57. The topological polar surface area (TPSA) is 37.3 Å². The van der Waals surface area contributed by atoms with E-state index in [2.05, 4.69) is 6.07 Å². The molecule has 0 saturated heterocycles. The lowest BCUT2D eigenvalue weighted by molar-refractivity contribution is -0.135. The molecule has 0 unspecified atom stereocenters. The van der Waals surface area contributed by atoms with Gasteiger partial charge in [-0.1, -0.05) is 29.8 Å². The summed E-state index contributed by atoms with van der Waals surface area (Å²) in [4.78, 5) is 10.7. The first-order valence-corrected chi connectivity index (χ1v) is 4.67. The standard InChI is InChI=1S/C12H12O2/c1-8-6-9-4-2-3-5-10(9)11(8)7-12(13)14/h2-5H,6-7H2,1H3,(H,13,14). The Morgan fingerprint density at radius 1 is 1.43 bits per heavy atom. The number of allylic oxidation sites excluding steroid dienone is 1. The second-order valence-electron chi connectivity index (χ2n) is 3.66. The van der Waals surface area contributed by atoms with Crippen molar-refractivity contribution in [3.8, 4) is 0 Å². The normalized spacial score (nSPS) is 14.4. The molecule has 2 nitrogen and oxygen atoms in total. The van der Waals surface area contributed by atoms with Gasteiger partial charge in [0.05, 0.1) is 6.42 Å². The molecule has 0 heterocycles. The van der Waals surface area contributed by atoms with Gasteiger partial charge in [-0.15, -0.1) is 0 Å². The third kappa shape index (κ3) is 1.43. The molecule has 72 valence electrons. The molecule has 2 rings (SSSR count). The average molecular weight is 188 g/mol. The van der Waals surface area contributed by atoms with Gasteiger partial charge < -0.3 is 5.11 Å². The number of benzene rings is 1. The molecule has 0 fully saturated rings. The zero-order valence-corrected chi connectivity index (χ0v) is 8.08. The fourth-order valence-electron chi connectivity index (χ4n) is 1.99. The minimum absolute atomic E-state index is 0.142. The summed E-state index contributed by atoms with van der Waals surface area (Å²) in [6.07, 6.45) is 1.04. The van der Waals surface area contributed by atoms with Crippen molar-refractivity contribution in [1.82, 2.24) is 0 Å². The predicted molar refractivity (Wildman–Crippen MR) is 55.0 cm³/mol. The molecule has 0 aromatic heterocycles. The summed E-state index contributed by atoms with van der Waals surface area (Å²) in [7, 11) is 0. The van der Waals surface area contributed by atoms with Crippen LogP contribution < -0.4 is 0 Å².